The summed E-state index contributed by atoms with van der Waals surface area (Å²) in [5.74, 6) is 0.667. The van der Waals surface area contributed by atoms with Crippen molar-refractivity contribution in [2.24, 2.45) is 0 Å². The summed E-state index contributed by atoms with van der Waals surface area (Å²) in [5, 5.41) is 3.53. The van der Waals surface area contributed by atoms with Crippen molar-refractivity contribution in [3.63, 3.8) is 0 Å². The van der Waals surface area contributed by atoms with Crippen LogP contribution in [0.15, 0.2) is 36.7 Å². The third kappa shape index (κ3) is 2.74. The van der Waals surface area contributed by atoms with Crippen LogP contribution in [0.1, 0.15) is 37.1 Å². The van der Waals surface area contributed by atoms with E-state index in [4.69, 9.17) is 4.74 Å². The van der Waals surface area contributed by atoms with Gasteiger partial charge in [-0.05, 0) is 43.9 Å². The van der Waals surface area contributed by atoms with E-state index in [1.54, 1.807) is 0 Å². The van der Waals surface area contributed by atoms with Gasteiger partial charge in [0.15, 0.2) is 0 Å². The van der Waals surface area contributed by atoms with E-state index in [0.717, 1.165) is 18.5 Å². The molecular weight excluding hydrogens is 250 g/mol. The van der Waals surface area contributed by atoms with Gasteiger partial charge in [-0.1, -0.05) is 6.07 Å². The molecular formula is C16H19N3O. The average molecular weight is 269 g/mol. The fourth-order valence-corrected chi connectivity index (χ4v) is 2.65. The Morgan fingerprint density at radius 1 is 1.30 bits per heavy atom. The van der Waals surface area contributed by atoms with Crippen molar-refractivity contribution in [2.45, 2.75) is 32.2 Å². The molecule has 20 heavy (non-hydrogen) atoms. The average Bonchev–Trinajstić information content (AvgIpc) is 2.50. The molecule has 0 aromatic carbocycles. The minimum absolute atomic E-state index is 0.277. The van der Waals surface area contributed by atoms with Gasteiger partial charge >= 0.3 is 0 Å². The molecule has 0 bridgehead atoms. The Labute approximate surface area is 119 Å². The lowest BCUT2D eigenvalue weighted by molar-refractivity contribution is 0.327. The zero-order valence-corrected chi connectivity index (χ0v) is 11.7. The predicted octanol–water partition coefficient (Wildman–Crippen LogP) is 3.36. The number of aromatic nitrogens is 2. The fourth-order valence-electron chi connectivity index (χ4n) is 2.65. The molecule has 1 atom stereocenters. The van der Waals surface area contributed by atoms with Gasteiger partial charge in [-0.2, -0.15) is 0 Å². The number of hydrogen-bond donors (Lipinski definition) is 1. The molecule has 1 aliphatic rings. The zero-order chi connectivity index (χ0) is 13.8. The number of rotatable bonds is 4. The summed E-state index contributed by atoms with van der Waals surface area (Å²) in [6.07, 6.45) is 7.12. The summed E-state index contributed by atoms with van der Waals surface area (Å²) in [7, 11) is 0. The maximum atomic E-state index is 5.36. The number of hydrogen-bond acceptors (Lipinski definition) is 4. The zero-order valence-electron chi connectivity index (χ0n) is 11.7. The summed E-state index contributed by atoms with van der Waals surface area (Å²) in [4.78, 5) is 8.82. The van der Waals surface area contributed by atoms with Gasteiger partial charge in [-0.3, -0.25) is 4.98 Å². The van der Waals surface area contributed by atoms with Crippen LogP contribution in [0.2, 0.25) is 0 Å². The summed E-state index contributed by atoms with van der Waals surface area (Å²) in [6, 6.07) is 8.37. The summed E-state index contributed by atoms with van der Waals surface area (Å²) >= 11 is 0. The van der Waals surface area contributed by atoms with Crippen LogP contribution >= 0.6 is 0 Å². The molecule has 104 valence electrons. The first-order chi connectivity index (χ1) is 9.86. The van der Waals surface area contributed by atoms with Crippen molar-refractivity contribution < 1.29 is 4.74 Å². The van der Waals surface area contributed by atoms with Gasteiger partial charge in [0.1, 0.15) is 0 Å². The third-order valence-electron chi connectivity index (χ3n) is 3.56. The maximum Gasteiger partial charge on any atom is 0.213 e. The Bertz CT molecular complexity index is 568. The maximum absolute atomic E-state index is 5.36. The smallest absolute Gasteiger partial charge is 0.213 e. The Kier molecular flexibility index (Phi) is 3.81. The Morgan fingerprint density at radius 3 is 3.05 bits per heavy atom. The number of nitrogens with zero attached hydrogens (tertiary/aromatic N) is 2. The van der Waals surface area contributed by atoms with Gasteiger partial charge in [0, 0.05) is 12.3 Å². The number of nitrogens with one attached hydrogen (secondary N) is 1. The van der Waals surface area contributed by atoms with Crippen LogP contribution in [0.3, 0.4) is 0 Å². The molecule has 1 unspecified atom stereocenters. The topological polar surface area (TPSA) is 47.0 Å². The van der Waals surface area contributed by atoms with Gasteiger partial charge in [0.2, 0.25) is 5.88 Å². The molecule has 2 heterocycles. The number of aryl methyl sites for hydroxylation is 1. The monoisotopic (exact) mass is 269 g/mol. The lowest BCUT2D eigenvalue weighted by Gasteiger charge is -2.25. The van der Waals surface area contributed by atoms with E-state index < -0.39 is 0 Å². The Morgan fingerprint density at radius 2 is 2.25 bits per heavy atom. The van der Waals surface area contributed by atoms with Crippen LogP contribution in [0.25, 0.3) is 0 Å². The van der Waals surface area contributed by atoms with E-state index in [2.05, 4.69) is 21.4 Å². The quantitative estimate of drug-likeness (QED) is 0.924. The van der Waals surface area contributed by atoms with Crippen molar-refractivity contribution in [2.75, 3.05) is 11.9 Å². The van der Waals surface area contributed by atoms with Crippen LogP contribution < -0.4 is 10.1 Å². The molecule has 0 amide bonds. The van der Waals surface area contributed by atoms with Gasteiger partial charge in [-0.25, -0.2) is 4.98 Å². The van der Waals surface area contributed by atoms with Crippen molar-refractivity contribution in [1.82, 2.24) is 9.97 Å². The van der Waals surface area contributed by atoms with Crippen LogP contribution in [0, 0.1) is 0 Å². The molecule has 4 heteroatoms. The summed E-state index contributed by atoms with van der Waals surface area (Å²) < 4.78 is 5.36. The molecule has 1 N–H and O–H groups in total. The highest BCUT2D eigenvalue weighted by molar-refractivity contribution is 5.45. The largest absolute Gasteiger partial charge is 0.478 e. The second-order valence-electron chi connectivity index (χ2n) is 4.96. The molecule has 1 aliphatic carbocycles. The lowest BCUT2D eigenvalue weighted by Crippen LogP contribution is -2.18. The minimum Gasteiger partial charge on any atom is -0.478 e. The number of fused-ring (bicyclic) bond motifs is 1. The molecule has 0 fully saturated rings. The van der Waals surface area contributed by atoms with E-state index in [0.29, 0.717) is 12.5 Å². The lowest BCUT2D eigenvalue weighted by atomic mass is 9.92. The van der Waals surface area contributed by atoms with Crippen molar-refractivity contribution in [3.05, 3.63) is 47.9 Å². The van der Waals surface area contributed by atoms with Crippen LogP contribution in [-0.2, 0) is 6.42 Å². The standard InChI is InChI=1S/C16H19N3O/c1-2-20-15-9-8-13(11-18-15)19-14-7-3-5-12-6-4-10-17-16(12)14/h4,6,8-11,14,19H,2-3,5,7H2,1H3. The van der Waals surface area contributed by atoms with Crippen molar-refractivity contribution in [3.8, 4) is 5.88 Å². The molecule has 0 saturated carbocycles. The molecule has 0 aliphatic heterocycles. The Balaban J connectivity index is 1.75. The van der Waals surface area contributed by atoms with E-state index in [-0.39, 0.29) is 6.04 Å². The normalized spacial score (nSPS) is 17.4. The van der Waals surface area contributed by atoms with E-state index >= 15 is 0 Å². The number of anilines is 1. The highest BCUT2D eigenvalue weighted by atomic mass is 16.5. The fraction of sp³-hybridized carbons (Fsp3) is 0.375. The molecule has 3 rings (SSSR count). The molecule has 0 radical (unpaired) electrons. The first kappa shape index (κ1) is 12.9. The van der Waals surface area contributed by atoms with Crippen molar-refractivity contribution in [1.29, 1.82) is 0 Å². The first-order valence-electron chi connectivity index (χ1n) is 7.16. The predicted molar refractivity (Wildman–Crippen MR) is 78.9 cm³/mol. The van der Waals surface area contributed by atoms with Gasteiger partial charge in [-0.15, -0.1) is 0 Å². The SMILES string of the molecule is CCOc1ccc(NC2CCCc3cccnc32)cn1. The summed E-state index contributed by atoms with van der Waals surface area (Å²) in [5.41, 5.74) is 3.54. The molecule has 2 aromatic rings. The Hall–Kier alpha value is -2.10. The van der Waals surface area contributed by atoms with Crippen LogP contribution in [0.4, 0.5) is 5.69 Å². The summed E-state index contributed by atoms with van der Waals surface area (Å²) in [6.45, 7) is 2.60. The van der Waals surface area contributed by atoms with Crippen LogP contribution in [0.5, 0.6) is 5.88 Å². The molecule has 4 nitrogen and oxygen atoms in total. The van der Waals surface area contributed by atoms with E-state index in [1.807, 2.05) is 37.5 Å². The molecule has 0 saturated heterocycles. The highest BCUT2D eigenvalue weighted by Crippen LogP contribution is 2.30. The number of pyridine rings is 2. The minimum atomic E-state index is 0.277. The number of ether oxygens (including phenoxy) is 1. The van der Waals surface area contributed by atoms with E-state index in [9.17, 15) is 0 Å². The second-order valence-corrected chi connectivity index (χ2v) is 4.96. The van der Waals surface area contributed by atoms with Crippen LogP contribution in [-0.4, -0.2) is 16.6 Å². The molecule has 0 spiro atoms. The van der Waals surface area contributed by atoms with Gasteiger partial charge in [0.05, 0.1) is 30.2 Å². The molecule has 2 aromatic heterocycles. The van der Waals surface area contributed by atoms with Gasteiger partial charge < -0.3 is 10.1 Å². The van der Waals surface area contributed by atoms with Crippen molar-refractivity contribution >= 4 is 5.69 Å². The van der Waals surface area contributed by atoms with E-state index in [1.165, 1.54) is 17.7 Å². The highest BCUT2D eigenvalue weighted by Gasteiger charge is 2.20. The second kappa shape index (κ2) is 5.90. The van der Waals surface area contributed by atoms with Gasteiger partial charge in [0.25, 0.3) is 0 Å². The first-order valence-corrected chi connectivity index (χ1v) is 7.16. The third-order valence-corrected chi connectivity index (χ3v) is 3.56.